The molecule has 4 aromatic rings. The average molecular weight is 475 g/mol. The molecule has 2 aromatic heterocycles. The molecule has 172 valence electrons. The van der Waals surface area contributed by atoms with E-state index in [1.165, 1.54) is 11.3 Å². The molecule has 34 heavy (non-hydrogen) atoms. The molecule has 0 saturated heterocycles. The smallest absolute Gasteiger partial charge is 0.341 e. The number of esters is 1. The van der Waals surface area contributed by atoms with Crippen LogP contribution in [0.1, 0.15) is 40.3 Å². The number of hydrogen-bond acceptors (Lipinski definition) is 7. The molecule has 1 amide bonds. The van der Waals surface area contributed by atoms with Gasteiger partial charge < -0.3 is 19.3 Å². The van der Waals surface area contributed by atoms with E-state index in [1.54, 1.807) is 13.0 Å². The summed E-state index contributed by atoms with van der Waals surface area (Å²) in [7, 11) is 0. The topological polar surface area (TPSA) is 90.7 Å². The molecule has 1 aliphatic heterocycles. The molecule has 0 fully saturated rings. The predicted octanol–water partition coefficient (Wildman–Crippen LogP) is 5.82. The van der Waals surface area contributed by atoms with Gasteiger partial charge in [-0.15, -0.1) is 11.3 Å². The number of carbonyl (C=O) groups is 2. The van der Waals surface area contributed by atoms with Crippen molar-refractivity contribution >= 4 is 28.2 Å². The fourth-order valence-corrected chi connectivity index (χ4v) is 4.90. The Morgan fingerprint density at radius 2 is 1.97 bits per heavy atom. The third-order valence-corrected chi connectivity index (χ3v) is 6.40. The number of ether oxygens (including phenoxy) is 2. The van der Waals surface area contributed by atoms with Crippen LogP contribution in [0.2, 0.25) is 0 Å². The Balaban J connectivity index is 1.40. The number of thiophene rings is 1. The second kappa shape index (κ2) is 9.15. The van der Waals surface area contributed by atoms with Crippen LogP contribution in [0.4, 0.5) is 5.00 Å². The van der Waals surface area contributed by atoms with Crippen LogP contribution < -0.4 is 10.1 Å². The predicted molar refractivity (Wildman–Crippen MR) is 129 cm³/mol. The summed E-state index contributed by atoms with van der Waals surface area (Å²) >= 11 is 1.26. The van der Waals surface area contributed by atoms with Gasteiger partial charge in [-0.3, -0.25) is 4.79 Å². The maximum Gasteiger partial charge on any atom is 0.341 e. The van der Waals surface area contributed by atoms with E-state index in [0.717, 1.165) is 28.9 Å². The summed E-state index contributed by atoms with van der Waals surface area (Å²) in [6, 6.07) is 16.9. The second-order valence-corrected chi connectivity index (χ2v) is 8.81. The minimum absolute atomic E-state index is 0.115. The number of carbonyl (C=O) groups excluding carboxylic acids is 2. The van der Waals surface area contributed by atoms with Crippen molar-refractivity contribution in [3.05, 3.63) is 76.8 Å². The molecule has 1 aliphatic rings. The number of aromatic nitrogens is 1. The number of fused-ring (bicyclic) bond motifs is 1. The first-order chi connectivity index (χ1) is 16.5. The van der Waals surface area contributed by atoms with E-state index in [9.17, 15) is 9.59 Å². The van der Waals surface area contributed by atoms with Crippen LogP contribution in [-0.4, -0.2) is 29.7 Å². The molecule has 0 aliphatic carbocycles. The lowest BCUT2D eigenvalue weighted by Crippen LogP contribution is -2.15. The third kappa shape index (κ3) is 4.20. The zero-order valence-corrected chi connectivity index (χ0v) is 19.5. The van der Waals surface area contributed by atoms with Gasteiger partial charge >= 0.3 is 5.97 Å². The van der Waals surface area contributed by atoms with Crippen molar-refractivity contribution in [2.45, 2.75) is 26.4 Å². The van der Waals surface area contributed by atoms with Crippen LogP contribution in [0.3, 0.4) is 0 Å². The summed E-state index contributed by atoms with van der Waals surface area (Å²) in [4.78, 5) is 25.7. The van der Waals surface area contributed by atoms with Gasteiger partial charge in [0.1, 0.15) is 22.4 Å². The Labute approximate surface area is 200 Å². The summed E-state index contributed by atoms with van der Waals surface area (Å²) in [5.74, 6) is 0.384. The highest BCUT2D eigenvalue weighted by Crippen LogP contribution is 2.37. The zero-order valence-electron chi connectivity index (χ0n) is 18.7. The average Bonchev–Trinajstić information content (AvgIpc) is 3.57. The van der Waals surface area contributed by atoms with Crippen molar-refractivity contribution in [2.24, 2.45) is 0 Å². The molecule has 0 unspecified atom stereocenters. The summed E-state index contributed by atoms with van der Waals surface area (Å²) in [6.07, 6.45) is 0.963. The van der Waals surface area contributed by atoms with E-state index < -0.39 is 11.9 Å². The van der Waals surface area contributed by atoms with Gasteiger partial charge in [0.05, 0.1) is 6.61 Å². The van der Waals surface area contributed by atoms with E-state index in [0.29, 0.717) is 21.9 Å². The van der Waals surface area contributed by atoms with Crippen molar-refractivity contribution < 1.29 is 23.6 Å². The van der Waals surface area contributed by atoms with E-state index in [-0.39, 0.29) is 18.4 Å². The molecule has 0 spiro atoms. The summed E-state index contributed by atoms with van der Waals surface area (Å²) in [5, 5.41) is 8.98. The first-order valence-corrected chi connectivity index (χ1v) is 11.8. The molecule has 5 rings (SSSR count). The monoisotopic (exact) mass is 474 g/mol. The van der Waals surface area contributed by atoms with Crippen molar-refractivity contribution in [1.29, 1.82) is 0 Å². The van der Waals surface area contributed by atoms with Gasteiger partial charge in [0, 0.05) is 29.0 Å². The van der Waals surface area contributed by atoms with Crippen LogP contribution in [-0.2, 0) is 11.2 Å². The zero-order chi connectivity index (χ0) is 23.7. The van der Waals surface area contributed by atoms with Crippen LogP contribution >= 0.6 is 11.3 Å². The SMILES string of the molecule is CCOC(=O)c1c(-c2ccccc2)csc1NC(=O)c1cc(-c2ccc3c(c2)C[C@H](C)O3)on1. The van der Waals surface area contributed by atoms with Gasteiger partial charge in [-0.25, -0.2) is 4.79 Å². The quantitative estimate of drug-likeness (QED) is 0.354. The summed E-state index contributed by atoms with van der Waals surface area (Å²) in [6.45, 7) is 4.00. The van der Waals surface area contributed by atoms with Gasteiger partial charge in [-0.2, -0.15) is 0 Å². The normalized spacial score (nSPS) is 14.4. The number of anilines is 1. The fourth-order valence-electron chi connectivity index (χ4n) is 3.95. The molecule has 0 bridgehead atoms. The number of amides is 1. The second-order valence-electron chi connectivity index (χ2n) is 7.93. The lowest BCUT2D eigenvalue weighted by atomic mass is 10.0. The fraction of sp³-hybridized carbons (Fsp3) is 0.192. The van der Waals surface area contributed by atoms with Gasteiger partial charge in [-0.05, 0) is 43.2 Å². The first-order valence-electron chi connectivity index (χ1n) is 11.0. The van der Waals surface area contributed by atoms with E-state index >= 15 is 0 Å². The minimum atomic E-state index is -0.492. The minimum Gasteiger partial charge on any atom is -0.490 e. The molecular formula is C26H22N2O5S. The Hall–Kier alpha value is -3.91. The number of benzene rings is 2. The Morgan fingerprint density at radius 3 is 2.76 bits per heavy atom. The van der Waals surface area contributed by atoms with Crippen molar-refractivity contribution in [3.8, 4) is 28.2 Å². The molecular weight excluding hydrogens is 452 g/mol. The van der Waals surface area contributed by atoms with E-state index in [4.69, 9.17) is 14.0 Å². The number of rotatable bonds is 6. The van der Waals surface area contributed by atoms with Gasteiger partial charge in [0.15, 0.2) is 11.5 Å². The Morgan fingerprint density at radius 1 is 1.15 bits per heavy atom. The molecule has 1 atom stereocenters. The number of nitrogens with zero attached hydrogens (tertiary/aromatic N) is 1. The van der Waals surface area contributed by atoms with Crippen molar-refractivity contribution in [2.75, 3.05) is 11.9 Å². The lowest BCUT2D eigenvalue weighted by Gasteiger charge is -2.08. The highest BCUT2D eigenvalue weighted by atomic mass is 32.1. The third-order valence-electron chi connectivity index (χ3n) is 5.51. The maximum atomic E-state index is 13.0. The van der Waals surface area contributed by atoms with Crippen LogP contribution in [0.15, 0.2) is 64.5 Å². The molecule has 7 nitrogen and oxygen atoms in total. The van der Waals surface area contributed by atoms with Gasteiger partial charge in [-0.1, -0.05) is 35.5 Å². The largest absolute Gasteiger partial charge is 0.490 e. The number of hydrogen-bond donors (Lipinski definition) is 1. The van der Waals surface area contributed by atoms with Crippen molar-refractivity contribution in [3.63, 3.8) is 0 Å². The molecule has 8 heteroatoms. The standard InChI is InChI=1S/C26H22N2O5S/c1-3-31-26(30)23-19(16-7-5-4-6-8-16)14-34-25(23)27-24(29)20-13-22(33-28-20)17-9-10-21-18(12-17)11-15(2)32-21/h4-10,12-15H,3,11H2,1-2H3,(H,27,29)/t15-/m0/s1. The van der Waals surface area contributed by atoms with E-state index in [2.05, 4.69) is 10.5 Å². The van der Waals surface area contributed by atoms with Crippen LogP contribution in [0.5, 0.6) is 5.75 Å². The van der Waals surface area contributed by atoms with Gasteiger partial charge in [0.2, 0.25) is 0 Å². The van der Waals surface area contributed by atoms with Crippen LogP contribution in [0.25, 0.3) is 22.5 Å². The van der Waals surface area contributed by atoms with E-state index in [1.807, 2.05) is 60.8 Å². The highest BCUT2D eigenvalue weighted by molar-refractivity contribution is 7.15. The number of nitrogens with one attached hydrogen (secondary N) is 1. The van der Waals surface area contributed by atoms with Gasteiger partial charge in [0.25, 0.3) is 5.91 Å². The Bertz CT molecular complexity index is 1360. The molecule has 0 saturated carbocycles. The molecule has 2 aromatic carbocycles. The van der Waals surface area contributed by atoms with Crippen molar-refractivity contribution in [1.82, 2.24) is 5.16 Å². The summed E-state index contributed by atoms with van der Waals surface area (Å²) in [5.41, 5.74) is 3.92. The van der Waals surface area contributed by atoms with Crippen LogP contribution in [0, 0.1) is 0 Å². The Kier molecular flexibility index (Phi) is 5.90. The molecule has 3 heterocycles. The molecule has 1 N–H and O–H groups in total. The summed E-state index contributed by atoms with van der Waals surface area (Å²) < 4.78 is 16.4. The first kappa shape index (κ1) is 21.9. The highest BCUT2D eigenvalue weighted by Gasteiger charge is 2.25. The lowest BCUT2D eigenvalue weighted by molar-refractivity contribution is 0.0529. The molecule has 0 radical (unpaired) electrons. The maximum absolute atomic E-state index is 13.0.